The van der Waals surface area contributed by atoms with Crippen LogP contribution >= 0.6 is 11.6 Å². The van der Waals surface area contributed by atoms with Crippen LogP contribution in [0.5, 0.6) is 0 Å². The van der Waals surface area contributed by atoms with Gasteiger partial charge in [-0.15, -0.1) is 11.6 Å². The molecule has 7 heteroatoms. The first-order valence-corrected chi connectivity index (χ1v) is 13.2. The molecular formula is C20H28ClNO3SSi. The Balaban J connectivity index is 2.52. The summed E-state index contributed by atoms with van der Waals surface area (Å²) >= 11 is 6.02. The van der Waals surface area contributed by atoms with Crippen molar-refractivity contribution in [3.8, 4) is 0 Å². The number of rotatable bonds is 8. The van der Waals surface area contributed by atoms with Crippen molar-refractivity contribution in [3.63, 3.8) is 0 Å². The van der Waals surface area contributed by atoms with Gasteiger partial charge in [0.05, 0.1) is 18.9 Å². The van der Waals surface area contributed by atoms with E-state index in [9.17, 15) is 8.42 Å². The van der Waals surface area contributed by atoms with E-state index in [1.165, 1.54) is 0 Å². The zero-order chi connectivity index (χ0) is 20.1. The fourth-order valence-corrected chi connectivity index (χ4v) is 9.02. The number of hydrogen-bond acceptors (Lipinski definition) is 3. The molecule has 0 bridgehead atoms. The Hall–Kier alpha value is -1.18. The van der Waals surface area contributed by atoms with Crippen molar-refractivity contribution in [2.75, 3.05) is 18.7 Å². The molecule has 2 rings (SSSR count). The van der Waals surface area contributed by atoms with Gasteiger partial charge in [0, 0.05) is 5.88 Å². The second-order valence-corrected chi connectivity index (χ2v) is 14.1. The standard InChI is InChI=1S/C20H28ClNO3SSi/c1-20(2,3)27(18-11-7-5-8-12-18,19-13-9-6-10-14-19)25-16-17(15-21)22-26(4,23)24/h5-14,17,22H,15-16H2,1-4H3/t17-/m1/s1. The minimum absolute atomic E-state index is 0.144. The Morgan fingerprint density at radius 2 is 1.44 bits per heavy atom. The Labute approximate surface area is 169 Å². The summed E-state index contributed by atoms with van der Waals surface area (Å²) in [5.41, 5.74) is 0. The summed E-state index contributed by atoms with van der Waals surface area (Å²) in [6.45, 7) is 6.75. The van der Waals surface area contributed by atoms with Crippen LogP contribution in [0.1, 0.15) is 20.8 Å². The van der Waals surface area contributed by atoms with Gasteiger partial charge in [0.2, 0.25) is 10.0 Å². The van der Waals surface area contributed by atoms with E-state index in [1.807, 2.05) is 36.4 Å². The van der Waals surface area contributed by atoms with Gasteiger partial charge in [-0.2, -0.15) is 0 Å². The van der Waals surface area contributed by atoms with Gasteiger partial charge < -0.3 is 4.43 Å². The van der Waals surface area contributed by atoms with Gasteiger partial charge in [-0.3, -0.25) is 0 Å². The van der Waals surface area contributed by atoms with E-state index >= 15 is 0 Å². The highest BCUT2D eigenvalue weighted by atomic mass is 35.5. The van der Waals surface area contributed by atoms with Gasteiger partial charge in [-0.05, 0) is 15.4 Å². The predicted octanol–water partition coefficient (Wildman–Crippen LogP) is 2.72. The summed E-state index contributed by atoms with van der Waals surface area (Å²) in [5, 5.41) is 2.13. The third-order valence-electron chi connectivity index (χ3n) is 4.48. The molecule has 0 spiro atoms. The highest BCUT2D eigenvalue weighted by Crippen LogP contribution is 2.36. The molecule has 0 heterocycles. The van der Waals surface area contributed by atoms with Crippen LogP contribution in [0.15, 0.2) is 60.7 Å². The minimum Gasteiger partial charge on any atom is -0.406 e. The molecule has 4 nitrogen and oxygen atoms in total. The molecule has 0 aliphatic rings. The summed E-state index contributed by atoms with van der Waals surface area (Å²) in [6, 6.07) is 20.0. The smallest absolute Gasteiger partial charge is 0.261 e. The second kappa shape index (κ2) is 8.88. The molecule has 0 aliphatic carbocycles. The van der Waals surface area contributed by atoms with Gasteiger partial charge in [0.25, 0.3) is 8.32 Å². The number of benzene rings is 2. The highest BCUT2D eigenvalue weighted by Gasteiger charge is 2.50. The molecule has 0 radical (unpaired) electrons. The van der Waals surface area contributed by atoms with E-state index < -0.39 is 24.4 Å². The molecule has 0 saturated carbocycles. The maximum atomic E-state index is 11.6. The molecule has 2 aromatic carbocycles. The predicted molar refractivity (Wildman–Crippen MR) is 116 cm³/mol. The lowest BCUT2D eigenvalue weighted by Gasteiger charge is -2.43. The van der Waals surface area contributed by atoms with Crippen molar-refractivity contribution < 1.29 is 12.8 Å². The van der Waals surface area contributed by atoms with Crippen molar-refractivity contribution in [2.24, 2.45) is 0 Å². The largest absolute Gasteiger partial charge is 0.406 e. The van der Waals surface area contributed by atoms with Crippen LogP contribution in [0.3, 0.4) is 0 Å². The van der Waals surface area contributed by atoms with Gasteiger partial charge in [0.15, 0.2) is 0 Å². The average molecular weight is 426 g/mol. The topological polar surface area (TPSA) is 55.4 Å². The molecule has 1 atom stereocenters. The van der Waals surface area contributed by atoms with Crippen LogP contribution in [0.2, 0.25) is 5.04 Å². The first-order valence-electron chi connectivity index (χ1n) is 8.88. The van der Waals surface area contributed by atoms with Crippen molar-refractivity contribution in [2.45, 2.75) is 31.9 Å². The Bertz CT molecular complexity index is 784. The summed E-state index contributed by atoms with van der Waals surface area (Å²) < 4.78 is 32.6. The van der Waals surface area contributed by atoms with Gasteiger partial charge in [-0.1, -0.05) is 81.4 Å². The Kier molecular flexibility index (Phi) is 7.27. The van der Waals surface area contributed by atoms with E-state index in [-0.39, 0.29) is 17.5 Å². The monoisotopic (exact) mass is 425 g/mol. The summed E-state index contributed by atoms with van der Waals surface area (Å²) in [7, 11) is -6.06. The number of hydrogen-bond donors (Lipinski definition) is 1. The van der Waals surface area contributed by atoms with E-state index in [1.54, 1.807) is 0 Å². The first kappa shape index (κ1) is 22.1. The van der Waals surface area contributed by atoms with E-state index in [0.29, 0.717) is 0 Å². The average Bonchev–Trinajstić information content (AvgIpc) is 2.61. The first-order chi connectivity index (χ1) is 12.6. The van der Waals surface area contributed by atoms with Crippen LogP contribution in [0, 0.1) is 0 Å². The number of alkyl halides is 1. The Morgan fingerprint density at radius 3 is 1.78 bits per heavy atom. The lowest BCUT2D eigenvalue weighted by Crippen LogP contribution is -2.67. The summed E-state index contributed by atoms with van der Waals surface area (Å²) in [5.74, 6) is 0.144. The molecule has 0 saturated heterocycles. The van der Waals surface area contributed by atoms with E-state index in [4.69, 9.17) is 16.0 Å². The molecule has 148 valence electrons. The van der Waals surface area contributed by atoms with Crippen molar-refractivity contribution in [1.29, 1.82) is 0 Å². The van der Waals surface area contributed by atoms with Crippen molar-refractivity contribution >= 4 is 40.3 Å². The number of sulfonamides is 1. The maximum Gasteiger partial charge on any atom is 0.261 e. The summed E-state index contributed by atoms with van der Waals surface area (Å²) in [6.07, 6.45) is 1.13. The van der Waals surface area contributed by atoms with Crippen LogP contribution in [-0.2, 0) is 14.4 Å². The quantitative estimate of drug-likeness (QED) is 0.522. The fourth-order valence-electron chi connectivity index (χ4n) is 3.40. The molecule has 0 fully saturated rings. The van der Waals surface area contributed by atoms with Gasteiger partial charge in [0.1, 0.15) is 0 Å². The molecular weight excluding hydrogens is 398 g/mol. The normalized spacial score (nSPS) is 14.1. The second-order valence-electron chi connectivity index (χ2n) is 7.72. The summed E-state index contributed by atoms with van der Waals surface area (Å²) in [4.78, 5) is 0. The fraction of sp³-hybridized carbons (Fsp3) is 0.400. The molecule has 0 unspecified atom stereocenters. The SMILES string of the molecule is CC(C)(C)[Si](OC[C@@H](CCl)NS(C)(=O)=O)(c1ccccc1)c1ccccc1. The zero-order valence-electron chi connectivity index (χ0n) is 16.3. The molecule has 1 N–H and O–H groups in total. The number of nitrogens with one attached hydrogen (secondary N) is 1. The van der Waals surface area contributed by atoms with Gasteiger partial charge >= 0.3 is 0 Å². The highest BCUT2D eigenvalue weighted by molar-refractivity contribution is 7.88. The van der Waals surface area contributed by atoms with Crippen LogP contribution in [0.25, 0.3) is 0 Å². The zero-order valence-corrected chi connectivity index (χ0v) is 18.8. The molecule has 0 aromatic heterocycles. The van der Waals surface area contributed by atoms with E-state index in [0.717, 1.165) is 16.6 Å². The van der Waals surface area contributed by atoms with Crippen molar-refractivity contribution in [1.82, 2.24) is 4.72 Å². The number of halogens is 1. The molecule has 0 amide bonds. The molecule has 27 heavy (non-hydrogen) atoms. The van der Waals surface area contributed by atoms with Gasteiger partial charge in [-0.25, -0.2) is 13.1 Å². The molecule has 2 aromatic rings. The third kappa shape index (κ3) is 5.42. The molecule has 0 aliphatic heterocycles. The van der Waals surface area contributed by atoms with Crippen LogP contribution < -0.4 is 15.1 Å². The van der Waals surface area contributed by atoms with Crippen molar-refractivity contribution in [3.05, 3.63) is 60.7 Å². The van der Waals surface area contributed by atoms with Crippen LogP contribution in [-0.4, -0.2) is 41.5 Å². The lowest BCUT2D eigenvalue weighted by molar-refractivity contribution is 0.272. The third-order valence-corrected chi connectivity index (χ3v) is 10.6. The lowest BCUT2D eigenvalue weighted by atomic mass is 10.2. The van der Waals surface area contributed by atoms with Crippen LogP contribution in [0.4, 0.5) is 0 Å². The Morgan fingerprint density at radius 1 is 1.00 bits per heavy atom. The minimum atomic E-state index is -3.37. The van der Waals surface area contributed by atoms with E-state index in [2.05, 4.69) is 49.8 Å². The maximum absolute atomic E-state index is 11.6.